The van der Waals surface area contributed by atoms with Gasteiger partial charge in [-0.3, -0.25) is 4.90 Å². The Morgan fingerprint density at radius 3 is 2.94 bits per heavy atom. The van der Waals surface area contributed by atoms with E-state index in [1.165, 1.54) is 19.4 Å². The van der Waals surface area contributed by atoms with Gasteiger partial charge < -0.3 is 10.6 Å². The Balaban J connectivity index is 1.81. The first-order valence-electron chi connectivity index (χ1n) is 6.46. The van der Waals surface area contributed by atoms with Crippen LogP contribution in [-0.2, 0) is 0 Å². The Labute approximate surface area is 109 Å². The zero-order valence-corrected chi connectivity index (χ0v) is 11.2. The van der Waals surface area contributed by atoms with Gasteiger partial charge in [-0.2, -0.15) is 0 Å². The highest BCUT2D eigenvalue weighted by molar-refractivity contribution is 7.80. The van der Waals surface area contributed by atoms with E-state index < -0.39 is 0 Å². The summed E-state index contributed by atoms with van der Waals surface area (Å²) in [5.41, 5.74) is 0. The highest BCUT2D eigenvalue weighted by Crippen LogP contribution is 2.35. The van der Waals surface area contributed by atoms with Crippen LogP contribution in [-0.4, -0.2) is 42.2 Å². The first-order valence-corrected chi connectivity index (χ1v) is 6.87. The van der Waals surface area contributed by atoms with Gasteiger partial charge in [0.15, 0.2) is 5.11 Å². The van der Waals surface area contributed by atoms with E-state index in [1.807, 2.05) is 0 Å². The minimum Gasteiger partial charge on any atom is -0.363 e. The number of hydrogen-bond donors (Lipinski definition) is 2. The summed E-state index contributed by atoms with van der Waals surface area (Å²) in [6.45, 7) is 6.14. The molecule has 0 aromatic heterocycles. The van der Waals surface area contributed by atoms with Gasteiger partial charge in [0, 0.05) is 31.6 Å². The van der Waals surface area contributed by atoms with E-state index >= 15 is 0 Å². The molecule has 94 valence electrons. The number of piperidine rings is 3. The van der Waals surface area contributed by atoms with Gasteiger partial charge in [-0.1, -0.05) is 0 Å². The van der Waals surface area contributed by atoms with E-state index in [0.29, 0.717) is 12.0 Å². The maximum atomic E-state index is 5.57. The summed E-state index contributed by atoms with van der Waals surface area (Å²) in [5.74, 6) is 4.14. The predicted molar refractivity (Wildman–Crippen MR) is 74.7 cm³/mol. The van der Waals surface area contributed by atoms with Crippen LogP contribution in [0.1, 0.15) is 19.8 Å². The smallest absolute Gasteiger partial charge is 0.166 e. The van der Waals surface area contributed by atoms with Gasteiger partial charge >= 0.3 is 0 Å². The van der Waals surface area contributed by atoms with Crippen LogP contribution in [0.5, 0.6) is 0 Å². The van der Waals surface area contributed by atoms with Crippen LogP contribution >= 0.6 is 12.2 Å². The average Bonchev–Trinajstić information content (AvgIpc) is 2.37. The molecule has 2 bridgehead atoms. The van der Waals surface area contributed by atoms with Crippen molar-refractivity contribution in [3.8, 4) is 12.3 Å². The van der Waals surface area contributed by atoms with Crippen molar-refractivity contribution in [1.82, 2.24) is 15.5 Å². The summed E-state index contributed by atoms with van der Waals surface area (Å²) in [6, 6.07) is 0.606. The van der Waals surface area contributed by atoms with E-state index in [0.717, 1.165) is 30.7 Å². The lowest BCUT2D eigenvalue weighted by atomic mass is 9.76. The number of thiocarbonyl (C=S) groups is 1. The highest BCUT2D eigenvalue weighted by atomic mass is 32.1. The first kappa shape index (κ1) is 12.7. The summed E-state index contributed by atoms with van der Waals surface area (Å²) < 4.78 is 0. The summed E-state index contributed by atoms with van der Waals surface area (Å²) in [7, 11) is 0. The van der Waals surface area contributed by atoms with Crippen molar-refractivity contribution in [2.45, 2.75) is 25.8 Å². The number of terminal acetylenes is 1. The Kier molecular flexibility index (Phi) is 4.25. The molecular weight excluding hydrogens is 230 g/mol. The molecule has 3 aliphatic rings. The molecule has 0 aromatic carbocycles. The number of hydrogen-bond acceptors (Lipinski definition) is 2. The average molecular weight is 251 g/mol. The van der Waals surface area contributed by atoms with Gasteiger partial charge in [0.05, 0.1) is 0 Å². The third-order valence-electron chi connectivity index (χ3n) is 3.93. The van der Waals surface area contributed by atoms with Gasteiger partial charge in [0.1, 0.15) is 0 Å². The van der Waals surface area contributed by atoms with Crippen molar-refractivity contribution in [3.63, 3.8) is 0 Å². The molecule has 4 atom stereocenters. The van der Waals surface area contributed by atoms with E-state index in [1.54, 1.807) is 0 Å². The van der Waals surface area contributed by atoms with Crippen molar-refractivity contribution in [2.75, 3.05) is 26.2 Å². The fraction of sp³-hybridized carbons (Fsp3) is 0.769. The minimum absolute atomic E-state index is 0.473. The lowest BCUT2D eigenvalue weighted by Gasteiger charge is -2.48. The van der Waals surface area contributed by atoms with Gasteiger partial charge in [-0.15, -0.1) is 12.3 Å². The molecule has 3 heterocycles. The maximum Gasteiger partial charge on any atom is 0.166 e. The number of fused-ring (bicyclic) bond motifs is 3. The summed E-state index contributed by atoms with van der Waals surface area (Å²) >= 11 is 5.18. The summed E-state index contributed by atoms with van der Waals surface area (Å²) in [4.78, 5) is 2.52. The zero-order valence-electron chi connectivity index (χ0n) is 10.4. The fourth-order valence-corrected chi connectivity index (χ4v) is 3.20. The zero-order chi connectivity index (χ0) is 12.3. The van der Waals surface area contributed by atoms with Crippen LogP contribution in [0.25, 0.3) is 0 Å². The third kappa shape index (κ3) is 2.91. The molecule has 3 rings (SSSR count). The van der Waals surface area contributed by atoms with E-state index in [2.05, 4.69) is 28.4 Å². The van der Waals surface area contributed by atoms with E-state index in [9.17, 15) is 0 Å². The van der Waals surface area contributed by atoms with Crippen molar-refractivity contribution >= 4 is 17.3 Å². The standard InChI is InChI=1S/C13H21N3S/c1-3-10-9-16-6-5-11(10)7-12(16)8-15-13(17)14-4-2/h1,10-12H,4-9H2,2H3,(H2,14,15,17)/t10-,11+,12+/m0/s1. The molecule has 2 N–H and O–H groups in total. The molecule has 3 aliphatic heterocycles. The van der Waals surface area contributed by atoms with Crippen LogP contribution in [0.3, 0.4) is 0 Å². The fourth-order valence-electron chi connectivity index (χ4n) is 2.97. The van der Waals surface area contributed by atoms with Crippen molar-refractivity contribution < 1.29 is 0 Å². The number of rotatable bonds is 3. The monoisotopic (exact) mass is 251 g/mol. The molecular formula is C13H21N3S. The second kappa shape index (κ2) is 5.70. The molecule has 0 aromatic rings. The van der Waals surface area contributed by atoms with Crippen LogP contribution in [0.15, 0.2) is 0 Å². The second-order valence-corrected chi connectivity index (χ2v) is 5.35. The minimum atomic E-state index is 0.473. The molecule has 0 spiro atoms. The molecule has 0 amide bonds. The molecule has 3 nitrogen and oxygen atoms in total. The van der Waals surface area contributed by atoms with Crippen LogP contribution in [0, 0.1) is 24.2 Å². The Morgan fingerprint density at radius 2 is 2.35 bits per heavy atom. The van der Waals surface area contributed by atoms with Crippen LogP contribution < -0.4 is 10.6 Å². The van der Waals surface area contributed by atoms with Crippen molar-refractivity contribution in [1.29, 1.82) is 0 Å². The van der Waals surface area contributed by atoms with E-state index in [-0.39, 0.29) is 0 Å². The Morgan fingerprint density at radius 1 is 1.53 bits per heavy atom. The molecule has 3 fully saturated rings. The van der Waals surface area contributed by atoms with Gasteiger partial charge in [0.25, 0.3) is 0 Å². The van der Waals surface area contributed by atoms with Gasteiger partial charge in [-0.05, 0) is 44.4 Å². The molecule has 3 saturated heterocycles. The molecule has 0 radical (unpaired) electrons. The SMILES string of the molecule is C#C[C@H]1CN2CC[C@@H]1C[C@@H]2CNC(=S)NCC. The third-order valence-corrected chi connectivity index (χ3v) is 4.22. The molecule has 4 heteroatoms. The number of nitrogens with zero attached hydrogens (tertiary/aromatic N) is 1. The van der Waals surface area contributed by atoms with Crippen LogP contribution in [0.2, 0.25) is 0 Å². The lowest BCUT2D eigenvalue weighted by molar-refractivity contribution is 0.0248. The quantitative estimate of drug-likeness (QED) is 0.573. The molecule has 0 saturated carbocycles. The molecule has 1 unspecified atom stereocenters. The normalized spacial score (nSPS) is 35.1. The lowest BCUT2D eigenvalue weighted by Crippen LogP contribution is -2.57. The number of nitrogens with one attached hydrogen (secondary N) is 2. The Bertz CT molecular complexity index is 323. The predicted octanol–water partition coefficient (Wildman–Crippen LogP) is 0.814. The molecule has 0 aliphatic carbocycles. The van der Waals surface area contributed by atoms with Crippen LogP contribution in [0.4, 0.5) is 0 Å². The first-order chi connectivity index (χ1) is 8.24. The second-order valence-electron chi connectivity index (χ2n) is 4.95. The topological polar surface area (TPSA) is 27.3 Å². The highest BCUT2D eigenvalue weighted by Gasteiger charge is 2.38. The van der Waals surface area contributed by atoms with Gasteiger partial charge in [0.2, 0.25) is 0 Å². The molecule has 17 heavy (non-hydrogen) atoms. The summed E-state index contributed by atoms with van der Waals surface area (Å²) in [6.07, 6.45) is 8.06. The van der Waals surface area contributed by atoms with Gasteiger partial charge in [-0.25, -0.2) is 0 Å². The van der Waals surface area contributed by atoms with Crippen molar-refractivity contribution in [3.05, 3.63) is 0 Å². The maximum absolute atomic E-state index is 5.57. The van der Waals surface area contributed by atoms with E-state index in [4.69, 9.17) is 18.6 Å². The van der Waals surface area contributed by atoms with Crippen molar-refractivity contribution in [2.24, 2.45) is 11.8 Å². The Hall–Kier alpha value is -0.790. The summed E-state index contributed by atoms with van der Waals surface area (Å²) in [5, 5.41) is 7.18. The largest absolute Gasteiger partial charge is 0.363 e.